The smallest absolute Gasteiger partial charge is 0.244 e. The molecule has 0 aromatic heterocycles. The number of nitrogens with one attached hydrogen (secondary N) is 1. The number of anilines is 1. The van der Waals surface area contributed by atoms with Crippen LogP contribution in [0.4, 0.5) is 5.69 Å². The van der Waals surface area contributed by atoms with Gasteiger partial charge in [0.15, 0.2) is 0 Å². The average molecular weight is 548 g/mol. The molecular formula is C28H38ClN3O4S. The predicted molar refractivity (Wildman–Crippen MR) is 149 cm³/mol. The van der Waals surface area contributed by atoms with Gasteiger partial charge in [-0.15, -0.1) is 0 Å². The first-order valence-corrected chi connectivity index (χ1v) is 15.1. The molecule has 1 aliphatic rings. The second-order valence-corrected chi connectivity index (χ2v) is 12.3. The van der Waals surface area contributed by atoms with Crippen molar-refractivity contribution in [3.05, 3.63) is 64.2 Å². The van der Waals surface area contributed by atoms with Crippen molar-refractivity contribution in [2.75, 3.05) is 17.1 Å². The number of halogens is 1. The van der Waals surface area contributed by atoms with E-state index in [1.807, 2.05) is 45.0 Å². The Labute approximate surface area is 226 Å². The molecule has 3 rings (SSSR count). The van der Waals surface area contributed by atoms with Crippen LogP contribution in [0.15, 0.2) is 42.5 Å². The number of amides is 2. The van der Waals surface area contributed by atoms with Gasteiger partial charge in [-0.2, -0.15) is 0 Å². The highest BCUT2D eigenvalue weighted by Gasteiger charge is 2.33. The molecule has 7 nitrogen and oxygen atoms in total. The number of hydrogen-bond donors (Lipinski definition) is 1. The van der Waals surface area contributed by atoms with Gasteiger partial charge in [-0.3, -0.25) is 13.9 Å². The molecule has 0 spiro atoms. The molecule has 37 heavy (non-hydrogen) atoms. The summed E-state index contributed by atoms with van der Waals surface area (Å²) in [6, 6.07) is 12.0. The maximum atomic E-state index is 13.8. The van der Waals surface area contributed by atoms with E-state index in [1.54, 1.807) is 18.2 Å². The lowest BCUT2D eigenvalue weighted by atomic mass is 9.95. The first kappa shape index (κ1) is 29.0. The third-order valence-electron chi connectivity index (χ3n) is 6.93. The van der Waals surface area contributed by atoms with Crippen molar-refractivity contribution >= 4 is 39.1 Å². The minimum atomic E-state index is -3.80. The highest BCUT2D eigenvalue weighted by molar-refractivity contribution is 7.92. The minimum Gasteiger partial charge on any atom is -0.352 e. The molecule has 202 valence electrons. The summed E-state index contributed by atoms with van der Waals surface area (Å²) in [7, 11) is -3.80. The van der Waals surface area contributed by atoms with E-state index in [0.717, 1.165) is 52.9 Å². The molecule has 1 saturated carbocycles. The van der Waals surface area contributed by atoms with Gasteiger partial charge < -0.3 is 10.2 Å². The summed E-state index contributed by atoms with van der Waals surface area (Å²) >= 11 is 6.26. The monoisotopic (exact) mass is 547 g/mol. The molecule has 2 aromatic rings. The second kappa shape index (κ2) is 12.8. The largest absolute Gasteiger partial charge is 0.352 e. The number of aryl methyl sites for hydroxylation is 2. The summed E-state index contributed by atoms with van der Waals surface area (Å²) in [5.74, 6) is -0.646. The zero-order valence-electron chi connectivity index (χ0n) is 22.2. The van der Waals surface area contributed by atoms with Gasteiger partial charge in [0.05, 0.1) is 11.9 Å². The Balaban J connectivity index is 1.92. The van der Waals surface area contributed by atoms with Crippen LogP contribution in [0.25, 0.3) is 0 Å². The van der Waals surface area contributed by atoms with Gasteiger partial charge in [0, 0.05) is 17.6 Å². The Bertz CT molecular complexity index is 1190. The van der Waals surface area contributed by atoms with Crippen molar-refractivity contribution < 1.29 is 18.0 Å². The topological polar surface area (TPSA) is 86.8 Å². The average Bonchev–Trinajstić information content (AvgIpc) is 2.85. The van der Waals surface area contributed by atoms with Crippen LogP contribution in [0.3, 0.4) is 0 Å². The van der Waals surface area contributed by atoms with E-state index >= 15 is 0 Å². The number of hydrogen-bond acceptors (Lipinski definition) is 4. The second-order valence-electron chi connectivity index (χ2n) is 9.98. The van der Waals surface area contributed by atoms with Crippen molar-refractivity contribution in [3.8, 4) is 0 Å². The van der Waals surface area contributed by atoms with Crippen molar-refractivity contribution in [2.45, 2.75) is 77.9 Å². The molecular weight excluding hydrogens is 510 g/mol. The summed E-state index contributed by atoms with van der Waals surface area (Å²) in [5, 5.41) is 3.56. The molecule has 1 N–H and O–H groups in total. The molecule has 0 bridgehead atoms. The maximum absolute atomic E-state index is 13.8. The molecule has 0 unspecified atom stereocenters. The Morgan fingerprint density at radius 3 is 2.27 bits per heavy atom. The SMILES string of the molecule is CC[C@@H](C(=O)NC1CCCCC1)N(Cc1ccc(C)cc1)C(=O)CN(c1ccc(C)c(Cl)c1)S(C)(=O)=O. The normalized spacial score (nSPS) is 15.2. The zero-order chi connectivity index (χ0) is 27.2. The summed E-state index contributed by atoms with van der Waals surface area (Å²) in [6.45, 7) is 5.44. The molecule has 1 fully saturated rings. The Morgan fingerprint density at radius 1 is 1.05 bits per heavy atom. The fourth-order valence-corrected chi connectivity index (χ4v) is 5.72. The highest BCUT2D eigenvalue weighted by atomic mass is 35.5. The summed E-state index contributed by atoms with van der Waals surface area (Å²) in [4.78, 5) is 28.7. The number of carbonyl (C=O) groups is 2. The third-order valence-corrected chi connectivity index (χ3v) is 8.48. The van der Waals surface area contributed by atoms with Crippen LogP contribution in [-0.4, -0.2) is 50.0 Å². The van der Waals surface area contributed by atoms with E-state index < -0.39 is 28.5 Å². The van der Waals surface area contributed by atoms with Crippen LogP contribution < -0.4 is 9.62 Å². The van der Waals surface area contributed by atoms with E-state index in [9.17, 15) is 18.0 Å². The molecule has 9 heteroatoms. The molecule has 1 aliphatic carbocycles. The van der Waals surface area contributed by atoms with Crippen molar-refractivity contribution in [1.82, 2.24) is 10.2 Å². The van der Waals surface area contributed by atoms with Crippen LogP contribution in [0.2, 0.25) is 5.02 Å². The van der Waals surface area contributed by atoms with Crippen LogP contribution in [-0.2, 0) is 26.2 Å². The predicted octanol–water partition coefficient (Wildman–Crippen LogP) is 4.98. The molecule has 0 aliphatic heterocycles. The summed E-state index contributed by atoms with van der Waals surface area (Å²) in [6.07, 6.45) is 6.67. The van der Waals surface area contributed by atoms with Crippen LogP contribution in [0.5, 0.6) is 0 Å². The first-order chi connectivity index (χ1) is 17.5. The van der Waals surface area contributed by atoms with Gasteiger partial charge in [-0.05, 0) is 56.4 Å². The van der Waals surface area contributed by atoms with Gasteiger partial charge in [0.1, 0.15) is 12.6 Å². The number of sulfonamides is 1. The number of nitrogens with zero attached hydrogens (tertiary/aromatic N) is 2. The van der Waals surface area contributed by atoms with E-state index in [0.29, 0.717) is 17.1 Å². The van der Waals surface area contributed by atoms with Gasteiger partial charge in [-0.25, -0.2) is 8.42 Å². The molecule has 0 saturated heterocycles. The van der Waals surface area contributed by atoms with E-state index in [1.165, 1.54) is 11.3 Å². The van der Waals surface area contributed by atoms with Crippen molar-refractivity contribution in [1.29, 1.82) is 0 Å². The first-order valence-electron chi connectivity index (χ1n) is 12.9. The minimum absolute atomic E-state index is 0.105. The Morgan fingerprint density at radius 2 is 1.70 bits per heavy atom. The van der Waals surface area contributed by atoms with Crippen molar-refractivity contribution in [2.24, 2.45) is 0 Å². The van der Waals surface area contributed by atoms with Gasteiger partial charge in [0.25, 0.3) is 0 Å². The third kappa shape index (κ3) is 7.95. The van der Waals surface area contributed by atoms with E-state index in [-0.39, 0.29) is 18.5 Å². The van der Waals surface area contributed by atoms with Crippen molar-refractivity contribution in [3.63, 3.8) is 0 Å². The summed E-state index contributed by atoms with van der Waals surface area (Å²) in [5.41, 5.74) is 3.06. The fraction of sp³-hybridized carbons (Fsp3) is 0.500. The van der Waals surface area contributed by atoms with Gasteiger partial charge >= 0.3 is 0 Å². The molecule has 1 atom stereocenters. The van der Waals surface area contributed by atoms with Gasteiger partial charge in [-0.1, -0.05) is 73.7 Å². The molecule has 2 amide bonds. The standard InChI is InChI=1S/C28H38ClN3O4S/c1-5-26(28(34)30-23-9-7-6-8-10-23)31(18-22-14-11-20(2)12-15-22)27(33)19-32(37(4,35)36)24-16-13-21(3)25(29)17-24/h11-17,23,26H,5-10,18-19H2,1-4H3,(H,30,34)/t26-/m0/s1. The zero-order valence-corrected chi connectivity index (χ0v) is 23.7. The highest BCUT2D eigenvalue weighted by Crippen LogP contribution is 2.26. The Hall–Kier alpha value is -2.58. The van der Waals surface area contributed by atoms with E-state index in [4.69, 9.17) is 11.6 Å². The lowest BCUT2D eigenvalue weighted by Gasteiger charge is -2.34. The summed E-state index contributed by atoms with van der Waals surface area (Å²) < 4.78 is 26.6. The maximum Gasteiger partial charge on any atom is 0.244 e. The fourth-order valence-electron chi connectivity index (χ4n) is 4.70. The lowest BCUT2D eigenvalue weighted by molar-refractivity contribution is -0.140. The van der Waals surface area contributed by atoms with Crippen LogP contribution in [0.1, 0.15) is 62.1 Å². The molecule has 0 radical (unpaired) electrons. The van der Waals surface area contributed by atoms with Gasteiger partial charge in [0.2, 0.25) is 21.8 Å². The quantitative estimate of drug-likeness (QED) is 0.454. The van der Waals surface area contributed by atoms with Crippen LogP contribution >= 0.6 is 11.6 Å². The number of rotatable bonds is 10. The number of carbonyl (C=O) groups excluding carboxylic acids is 2. The van der Waals surface area contributed by atoms with Crippen LogP contribution in [0, 0.1) is 13.8 Å². The number of benzene rings is 2. The molecule has 0 heterocycles. The van der Waals surface area contributed by atoms with E-state index in [2.05, 4.69) is 5.32 Å². The Kier molecular flexibility index (Phi) is 10.0. The molecule has 2 aromatic carbocycles. The lowest BCUT2D eigenvalue weighted by Crippen LogP contribution is -2.53.